The number of non-ortho nitro benzene ring substituents is 1. The number of nitrogens with one attached hydrogen (secondary N) is 1. The Balaban J connectivity index is 1.85. The Bertz CT molecular complexity index is 917. The van der Waals surface area contributed by atoms with Crippen molar-refractivity contribution in [3.05, 3.63) is 64.0 Å². The van der Waals surface area contributed by atoms with Gasteiger partial charge in [0.15, 0.2) is 0 Å². The number of nitrogens with two attached hydrogens (primary N) is 1. The number of hydrogen-bond donors (Lipinski definition) is 2. The molecule has 0 aromatic heterocycles. The molecule has 1 saturated carbocycles. The molecular weight excluding hydrogens is 337 g/mol. The first-order chi connectivity index (χ1) is 11.3. The molecule has 0 amide bonds. The fourth-order valence-corrected chi connectivity index (χ4v) is 3.36. The maximum Gasteiger partial charge on any atom is 0.270 e. The number of rotatable bonds is 5. The molecule has 0 bridgehead atoms. The van der Waals surface area contributed by atoms with E-state index in [0.29, 0.717) is 6.42 Å². The Morgan fingerprint density at radius 2 is 2.00 bits per heavy atom. The minimum Gasteiger partial charge on any atom is -0.381 e. The Morgan fingerprint density at radius 3 is 2.62 bits per heavy atom. The van der Waals surface area contributed by atoms with Gasteiger partial charge in [-0.2, -0.15) is 0 Å². The Hall–Kier alpha value is -2.52. The summed E-state index contributed by atoms with van der Waals surface area (Å²) in [4.78, 5) is 9.79. The highest BCUT2D eigenvalue weighted by atomic mass is 32.2. The van der Waals surface area contributed by atoms with Crippen molar-refractivity contribution in [2.75, 3.05) is 5.32 Å². The first-order valence-corrected chi connectivity index (χ1v) is 8.63. The average Bonchev–Trinajstić information content (AvgIpc) is 3.25. The zero-order valence-corrected chi connectivity index (χ0v) is 13.2. The van der Waals surface area contributed by atoms with E-state index in [1.54, 1.807) is 12.1 Å². The second kappa shape index (κ2) is 5.84. The zero-order valence-electron chi connectivity index (χ0n) is 12.3. The van der Waals surface area contributed by atoms with E-state index in [-0.39, 0.29) is 34.0 Å². The summed E-state index contributed by atoms with van der Waals surface area (Å²) in [7, 11) is -4.12. The highest BCUT2D eigenvalue weighted by molar-refractivity contribution is 7.89. The number of anilines is 1. The monoisotopic (exact) mass is 351 g/mol. The maximum atomic E-state index is 13.3. The number of halogens is 1. The van der Waals surface area contributed by atoms with Gasteiger partial charge in [-0.25, -0.2) is 17.9 Å². The topological polar surface area (TPSA) is 115 Å². The van der Waals surface area contributed by atoms with E-state index >= 15 is 0 Å². The van der Waals surface area contributed by atoms with Crippen molar-refractivity contribution in [3.63, 3.8) is 0 Å². The quantitative estimate of drug-likeness (QED) is 0.634. The van der Waals surface area contributed by atoms with Crippen LogP contribution < -0.4 is 10.5 Å². The number of benzene rings is 2. The lowest BCUT2D eigenvalue weighted by molar-refractivity contribution is -0.385. The molecule has 126 valence electrons. The van der Waals surface area contributed by atoms with Gasteiger partial charge in [0, 0.05) is 24.1 Å². The normalized spacial score (nSPS) is 19.8. The van der Waals surface area contributed by atoms with Gasteiger partial charge in [0.1, 0.15) is 10.7 Å². The van der Waals surface area contributed by atoms with Gasteiger partial charge in [-0.05, 0) is 30.2 Å². The van der Waals surface area contributed by atoms with Crippen LogP contribution in [-0.4, -0.2) is 19.4 Å². The van der Waals surface area contributed by atoms with Crippen molar-refractivity contribution in [2.45, 2.75) is 23.3 Å². The highest BCUT2D eigenvalue weighted by Crippen LogP contribution is 2.43. The van der Waals surface area contributed by atoms with Gasteiger partial charge in [-0.3, -0.25) is 10.1 Å². The second-order valence-corrected chi connectivity index (χ2v) is 7.16. The minimum atomic E-state index is -4.12. The molecule has 0 aliphatic heterocycles. The molecule has 2 aromatic carbocycles. The van der Waals surface area contributed by atoms with Crippen LogP contribution in [0.3, 0.4) is 0 Å². The highest BCUT2D eigenvalue weighted by Gasteiger charge is 2.39. The fourth-order valence-electron chi connectivity index (χ4n) is 2.64. The number of nitro benzene ring substituents is 1. The first kappa shape index (κ1) is 16.3. The van der Waals surface area contributed by atoms with E-state index in [9.17, 15) is 22.9 Å². The standard InChI is InChI=1S/C15H14FN3O4S/c16-10-3-1-2-9(6-10)12-8-14(12)18-13-5-4-11(19(20)21)7-15(13)24(17,22)23/h1-7,12,14,18H,8H2,(H2,17,22,23). The number of nitrogens with zero attached hydrogens (tertiary/aromatic N) is 1. The Labute approximate surface area is 137 Å². The largest absolute Gasteiger partial charge is 0.381 e. The van der Waals surface area contributed by atoms with Crippen molar-refractivity contribution in [3.8, 4) is 0 Å². The van der Waals surface area contributed by atoms with Crippen molar-refractivity contribution in [1.29, 1.82) is 0 Å². The molecule has 3 rings (SSSR count). The van der Waals surface area contributed by atoms with Crippen LogP contribution in [0.15, 0.2) is 47.4 Å². The molecule has 1 fully saturated rings. The molecule has 0 spiro atoms. The predicted octanol–water partition coefficient (Wildman–Crippen LogP) is 2.35. The molecule has 2 atom stereocenters. The van der Waals surface area contributed by atoms with Gasteiger partial charge < -0.3 is 5.32 Å². The minimum absolute atomic E-state index is 0.0456. The molecule has 1 aliphatic rings. The summed E-state index contributed by atoms with van der Waals surface area (Å²) in [6.45, 7) is 0. The molecule has 9 heteroatoms. The summed E-state index contributed by atoms with van der Waals surface area (Å²) in [5.41, 5.74) is 0.653. The van der Waals surface area contributed by atoms with Crippen LogP contribution in [0.25, 0.3) is 0 Å². The lowest BCUT2D eigenvalue weighted by Gasteiger charge is -2.10. The lowest BCUT2D eigenvalue weighted by atomic mass is 10.1. The molecule has 0 radical (unpaired) electrons. The first-order valence-electron chi connectivity index (χ1n) is 7.09. The van der Waals surface area contributed by atoms with Crippen molar-refractivity contribution in [2.24, 2.45) is 5.14 Å². The summed E-state index contributed by atoms with van der Waals surface area (Å²) < 4.78 is 36.7. The van der Waals surface area contributed by atoms with Crippen LogP contribution in [0.2, 0.25) is 0 Å². The van der Waals surface area contributed by atoms with Gasteiger partial charge in [0.25, 0.3) is 5.69 Å². The Kier molecular flexibility index (Phi) is 3.98. The van der Waals surface area contributed by atoms with E-state index in [1.807, 2.05) is 0 Å². The second-order valence-electron chi connectivity index (χ2n) is 5.63. The number of sulfonamides is 1. The molecule has 0 saturated heterocycles. The molecule has 7 nitrogen and oxygen atoms in total. The maximum absolute atomic E-state index is 13.3. The van der Waals surface area contributed by atoms with E-state index in [4.69, 9.17) is 5.14 Å². The van der Waals surface area contributed by atoms with Crippen LogP contribution in [0.1, 0.15) is 17.9 Å². The molecular formula is C15H14FN3O4S. The third kappa shape index (κ3) is 3.36. The van der Waals surface area contributed by atoms with Crippen LogP contribution in [0.4, 0.5) is 15.8 Å². The molecule has 2 aromatic rings. The van der Waals surface area contributed by atoms with Crippen molar-refractivity contribution < 1.29 is 17.7 Å². The summed E-state index contributed by atoms with van der Waals surface area (Å²) >= 11 is 0. The lowest BCUT2D eigenvalue weighted by Crippen LogP contribution is -2.16. The number of primary sulfonamides is 1. The van der Waals surface area contributed by atoms with Gasteiger partial charge in [0.05, 0.1) is 10.6 Å². The van der Waals surface area contributed by atoms with Gasteiger partial charge in [-0.1, -0.05) is 12.1 Å². The van der Waals surface area contributed by atoms with E-state index in [0.717, 1.165) is 11.6 Å². The van der Waals surface area contributed by atoms with Gasteiger partial charge >= 0.3 is 0 Å². The summed E-state index contributed by atoms with van der Waals surface area (Å²) in [6, 6.07) is 9.56. The summed E-state index contributed by atoms with van der Waals surface area (Å²) in [6.07, 6.45) is 0.699. The van der Waals surface area contributed by atoms with Crippen LogP contribution in [-0.2, 0) is 10.0 Å². The van der Waals surface area contributed by atoms with E-state index in [1.165, 1.54) is 24.3 Å². The average molecular weight is 351 g/mol. The molecule has 3 N–H and O–H groups in total. The van der Waals surface area contributed by atoms with Crippen LogP contribution >= 0.6 is 0 Å². The molecule has 0 heterocycles. The fraction of sp³-hybridized carbons (Fsp3) is 0.200. The van der Waals surface area contributed by atoms with Crippen molar-refractivity contribution in [1.82, 2.24) is 0 Å². The summed E-state index contributed by atoms with van der Waals surface area (Å²) in [5.74, 6) is -0.289. The molecule has 2 unspecified atom stereocenters. The predicted molar refractivity (Wildman–Crippen MR) is 85.6 cm³/mol. The van der Waals surface area contributed by atoms with Crippen molar-refractivity contribution >= 4 is 21.4 Å². The number of nitro groups is 1. The molecule has 1 aliphatic carbocycles. The molecule has 24 heavy (non-hydrogen) atoms. The Morgan fingerprint density at radius 1 is 1.25 bits per heavy atom. The smallest absolute Gasteiger partial charge is 0.270 e. The summed E-state index contributed by atoms with van der Waals surface area (Å²) in [5, 5.41) is 19.0. The van der Waals surface area contributed by atoms with Crippen LogP contribution in [0.5, 0.6) is 0 Å². The van der Waals surface area contributed by atoms with Gasteiger partial charge in [-0.15, -0.1) is 0 Å². The third-order valence-electron chi connectivity index (χ3n) is 3.89. The SMILES string of the molecule is NS(=O)(=O)c1cc([N+](=O)[O-])ccc1NC1CC1c1cccc(F)c1. The van der Waals surface area contributed by atoms with E-state index in [2.05, 4.69) is 5.32 Å². The number of hydrogen-bond acceptors (Lipinski definition) is 5. The third-order valence-corrected chi connectivity index (χ3v) is 4.84. The van der Waals surface area contributed by atoms with E-state index < -0.39 is 14.9 Å². The van der Waals surface area contributed by atoms with Crippen LogP contribution in [0, 0.1) is 15.9 Å². The zero-order chi connectivity index (χ0) is 17.5. The van der Waals surface area contributed by atoms with Gasteiger partial charge in [0.2, 0.25) is 10.0 Å².